The van der Waals surface area contributed by atoms with E-state index in [1.54, 1.807) is 0 Å². The highest BCUT2D eigenvalue weighted by Crippen LogP contribution is 2.15. The number of piperazine rings is 1. The first-order valence-corrected chi connectivity index (χ1v) is 9.84. The van der Waals surface area contributed by atoms with Crippen LogP contribution < -0.4 is 5.32 Å². The Labute approximate surface area is 157 Å². The fourth-order valence-electron chi connectivity index (χ4n) is 3.94. The van der Waals surface area contributed by atoms with Crippen molar-refractivity contribution in [2.24, 2.45) is 5.92 Å². The van der Waals surface area contributed by atoms with Crippen molar-refractivity contribution >= 4 is 5.91 Å². The fourth-order valence-corrected chi connectivity index (χ4v) is 3.94. The van der Waals surface area contributed by atoms with Gasteiger partial charge in [-0.1, -0.05) is 13.8 Å². The summed E-state index contributed by atoms with van der Waals surface area (Å²) in [6.45, 7) is 12.2. The highest BCUT2D eigenvalue weighted by molar-refractivity contribution is 5.76. The molecule has 7 heteroatoms. The number of carbonyl (C=O) groups is 1. The third-order valence-electron chi connectivity index (χ3n) is 5.42. The molecule has 0 saturated carbocycles. The predicted octanol–water partition coefficient (Wildman–Crippen LogP) is 0.607. The second-order valence-corrected chi connectivity index (χ2v) is 8.36. The van der Waals surface area contributed by atoms with E-state index in [1.807, 2.05) is 0 Å². The van der Waals surface area contributed by atoms with E-state index in [1.165, 1.54) is 5.69 Å². The summed E-state index contributed by atoms with van der Waals surface area (Å²) >= 11 is 0. The van der Waals surface area contributed by atoms with E-state index in [4.69, 9.17) is 0 Å². The SMILES string of the molecule is CC(C)CN1CCn2nc(CNC(=O)C[C@@H]3CN(C)CCN3C)cc2C1. The van der Waals surface area contributed by atoms with Gasteiger partial charge in [0.05, 0.1) is 24.5 Å². The molecule has 3 heterocycles. The van der Waals surface area contributed by atoms with Gasteiger partial charge in [0, 0.05) is 51.7 Å². The van der Waals surface area contributed by atoms with E-state index in [2.05, 4.69) is 63.8 Å². The molecule has 2 aliphatic heterocycles. The van der Waals surface area contributed by atoms with Crippen LogP contribution in [0.1, 0.15) is 31.7 Å². The summed E-state index contributed by atoms with van der Waals surface area (Å²) in [4.78, 5) is 19.4. The molecule has 26 heavy (non-hydrogen) atoms. The van der Waals surface area contributed by atoms with Crippen molar-refractivity contribution in [2.75, 3.05) is 46.8 Å². The maximum atomic E-state index is 12.4. The van der Waals surface area contributed by atoms with Gasteiger partial charge >= 0.3 is 0 Å². The van der Waals surface area contributed by atoms with E-state index in [9.17, 15) is 4.79 Å². The Morgan fingerprint density at radius 3 is 2.85 bits per heavy atom. The van der Waals surface area contributed by atoms with Crippen LogP contribution in [0.25, 0.3) is 0 Å². The summed E-state index contributed by atoms with van der Waals surface area (Å²) in [6, 6.07) is 2.45. The standard InChI is InChI=1S/C19H34N6O/c1-15(2)12-24-7-8-25-18(14-24)9-16(21-25)11-20-19(26)10-17-13-22(3)5-6-23(17)4/h9,15,17H,5-8,10-14H2,1-4H3,(H,20,26)/t17-/m1/s1. The summed E-state index contributed by atoms with van der Waals surface area (Å²) in [5.41, 5.74) is 2.23. The Bertz CT molecular complexity index is 613. The largest absolute Gasteiger partial charge is 0.350 e. The summed E-state index contributed by atoms with van der Waals surface area (Å²) in [5, 5.41) is 7.73. The van der Waals surface area contributed by atoms with Crippen molar-refractivity contribution in [3.8, 4) is 0 Å². The zero-order valence-electron chi connectivity index (χ0n) is 16.7. The van der Waals surface area contributed by atoms with Gasteiger partial charge in [-0.15, -0.1) is 0 Å². The van der Waals surface area contributed by atoms with E-state index in [0.717, 1.165) is 51.5 Å². The lowest BCUT2D eigenvalue weighted by molar-refractivity contribution is -0.122. The van der Waals surface area contributed by atoms with Gasteiger partial charge in [-0.05, 0) is 26.1 Å². The molecule has 0 unspecified atom stereocenters. The summed E-state index contributed by atoms with van der Waals surface area (Å²) in [5.74, 6) is 0.796. The van der Waals surface area contributed by atoms with Gasteiger partial charge in [-0.25, -0.2) is 0 Å². The molecule has 1 atom stereocenters. The minimum atomic E-state index is 0.115. The van der Waals surface area contributed by atoms with Gasteiger partial charge in [-0.2, -0.15) is 5.10 Å². The number of hydrogen-bond acceptors (Lipinski definition) is 5. The minimum Gasteiger partial charge on any atom is -0.350 e. The minimum absolute atomic E-state index is 0.115. The first-order valence-electron chi connectivity index (χ1n) is 9.84. The van der Waals surface area contributed by atoms with E-state index < -0.39 is 0 Å². The van der Waals surface area contributed by atoms with E-state index in [0.29, 0.717) is 24.9 Å². The van der Waals surface area contributed by atoms with E-state index >= 15 is 0 Å². The topological polar surface area (TPSA) is 56.6 Å². The van der Waals surface area contributed by atoms with Crippen LogP contribution in [-0.2, 0) is 24.4 Å². The smallest absolute Gasteiger partial charge is 0.221 e. The summed E-state index contributed by atoms with van der Waals surface area (Å²) < 4.78 is 2.10. The second-order valence-electron chi connectivity index (χ2n) is 8.36. The molecule has 1 aromatic heterocycles. The Morgan fingerprint density at radius 2 is 2.08 bits per heavy atom. The summed E-state index contributed by atoms with van der Waals surface area (Å²) in [7, 11) is 4.23. The molecule has 1 fully saturated rings. The Balaban J connectivity index is 1.48. The Hall–Kier alpha value is -1.44. The van der Waals surface area contributed by atoms with Crippen molar-refractivity contribution in [3.63, 3.8) is 0 Å². The van der Waals surface area contributed by atoms with Crippen LogP contribution in [0.2, 0.25) is 0 Å². The molecule has 0 bridgehead atoms. The van der Waals surface area contributed by atoms with Crippen molar-refractivity contribution in [1.29, 1.82) is 0 Å². The molecule has 1 aromatic rings. The van der Waals surface area contributed by atoms with Gasteiger partial charge in [0.15, 0.2) is 0 Å². The van der Waals surface area contributed by atoms with Gasteiger partial charge in [0.25, 0.3) is 0 Å². The number of nitrogens with one attached hydrogen (secondary N) is 1. The van der Waals surface area contributed by atoms with Crippen molar-refractivity contribution in [3.05, 3.63) is 17.5 Å². The number of hydrogen-bond donors (Lipinski definition) is 1. The third-order valence-corrected chi connectivity index (χ3v) is 5.42. The van der Waals surface area contributed by atoms with Gasteiger partial charge in [0.1, 0.15) is 0 Å². The highest BCUT2D eigenvalue weighted by atomic mass is 16.1. The number of nitrogens with zero attached hydrogens (tertiary/aromatic N) is 5. The van der Waals surface area contributed by atoms with Crippen LogP contribution in [0.5, 0.6) is 0 Å². The Kier molecular flexibility index (Phi) is 6.32. The van der Waals surface area contributed by atoms with E-state index in [-0.39, 0.29) is 5.91 Å². The molecular formula is C19H34N6O. The third kappa shape index (κ3) is 5.05. The quantitative estimate of drug-likeness (QED) is 0.803. The molecule has 1 N–H and O–H groups in total. The normalized spacial score (nSPS) is 22.6. The first kappa shape index (κ1) is 19.3. The monoisotopic (exact) mass is 362 g/mol. The van der Waals surface area contributed by atoms with Gasteiger partial charge in [0.2, 0.25) is 5.91 Å². The van der Waals surface area contributed by atoms with Gasteiger partial charge in [-0.3, -0.25) is 14.4 Å². The molecule has 1 amide bonds. The predicted molar refractivity (Wildman–Crippen MR) is 103 cm³/mol. The molecule has 0 aliphatic carbocycles. The fraction of sp³-hybridized carbons (Fsp3) is 0.789. The van der Waals surface area contributed by atoms with Crippen LogP contribution in [0.15, 0.2) is 6.07 Å². The van der Waals surface area contributed by atoms with Crippen molar-refractivity contribution in [2.45, 2.75) is 45.9 Å². The average Bonchev–Trinajstić information content (AvgIpc) is 2.98. The molecule has 3 rings (SSSR count). The van der Waals surface area contributed by atoms with Gasteiger partial charge < -0.3 is 15.1 Å². The number of fused-ring (bicyclic) bond motifs is 1. The first-order chi connectivity index (χ1) is 12.4. The molecular weight excluding hydrogens is 328 g/mol. The van der Waals surface area contributed by atoms with Crippen LogP contribution in [0, 0.1) is 5.92 Å². The Morgan fingerprint density at radius 1 is 1.27 bits per heavy atom. The lowest BCUT2D eigenvalue weighted by Crippen LogP contribution is -2.51. The molecule has 0 spiro atoms. The molecule has 0 aromatic carbocycles. The van der Waals surface area contributed by atoms with Crippen LogP contribution in [-0.4, -0.2) is 83.2 Å². The van der Waals surface area contributed by atoms with Crippen LogP contribution in [0.3, 0.4) is 0 Å². The number of rotatable bonds is 6. The number of carbonyl (C=O) groups excluding carboxylic acids is 1. The average molecular weight is 363 g/mol. The lowest BCUT2D eigenvalue weighted by atomic mass is 10.1. The van der Waals surface area contributed by atoms with Crippen LogP contribution in [0.4, 0.5) is 0 Å². The molecule has 0 radical (unpaired) electrons. The van der Waals surface area contributed by atoms with Crippen LogP contribution >= 0.6 is 0 Å². The number of likely N-dealkylation sites (N-methyl/N-ethyl adjacent to an activating group) is 2. The molecule has 146 valence electrons. The lowest BCUT2D eigenvalue weighted by Gasteiger charge is -2.37. The summed E-state index contributed by atoms with van der Waals surface area (Å²) in [6.07, 6.45) is 0.552. The zero-order chi connectivity index (χ0) is 18.7. The number of aromatic nitrogens is 2. The second kappa shape index (κ2) is 8.50. The maximum absolute atomic E-state index is 12.4. The maximum Gasteiger partial charge on any atom is 0.221 e. The molecule has 1 saturated heterocycles. The highest BCUT2D eigenvalue weighted by Gasteiger charge is 2.24. The van der Waals surface area contributed by atoms with Crippen molar-refractivity contribution in [1.82, 2.24) is 29.8 Å². The van der Waals surface area contributed by atoms with Crippen molar-refractivity contribution < 1.29 is 4.79 Å². The molecule has 2 aliphatic rings. The molecule has 7 nitrogen and oxygen atoms in total. The number of amides is 1. The zero-order valence-corrected chi connectivity index (χ0v) is 16.7.